The van der Waals surface area contributed by atoms with E-state index in [-0.39, 0.29) is 25.9 Å². The fourth-order valence-electron chi connectivity index (χ4n) is 5.89. The van der Waals surface area contributed by atoms with Gasteiger partial charge >= 0.3 is 11.9 Å². The summed E-state index contributed by atoms with van der Waals surface area (Å²) >= 11 is 0. The smallest absolute Gasteiger partial charge is 0.306 e. The molecule has 9 N–H and O–H groups in total. The normalized spacial score (nSPS) is 25.0. The Kier molecular flexibility index (Phi) is 24.5. The predicted octanol–water partition coefficient (Wildman–Crippen LogP) is 0.857. The van der Waals surface area contributed by atoms with Crippen molar-refractivity contribution in [1.82, 2.24) is 0 Å². The molecule has 1 heterocycles. The van der Waals surface area contributed by atoms with Crippen molar-refractivity contribution >= 4 is 11.9 Å². The zero-order chi connectivity index (χ0) is 41.7. The lowest BCUT2D eigenvalue weighted by Gasteiger charge is -2.44. The van der Waals surface area contributed by atoms with Gasteiger partial charge in [-0.25, -0.2) is 0 Å². The molecule has 55 heavy (non-hydrogen) atoms. The zero-order valence-corrected chi connectivity index (χ0v) is 33.2. The van der Waals surface area contributed by atoms with Crippen LogP contribution in [0.1, 0.15) is 99.3 Å². The van der Waals surface area contributed by atoms with Crippen molar-refractivity contribution in [2.24, 2.45) is 0 Å². The average molecular weight is 793 g/mol. The first-order chi connectivity index (χ1) is 25.9. The van der Waals surface area contributed by atoms with Crippen molar-refractivity contribution in [2.75, 3.05) is 26.4 Å². The molecule has 0 spiro atoms. The van der Waals surface area contributed by atoms with E-state index < -0.39 is 105 Å². The van der Waals surface area contributed by atoms with Gasteiger partial charge in [-0.15, -0.1) is 0 Å². The van der Waals surface area contributed by atoms with Gasteiger partial charge in [0.2, 0.25) is 0 Å². The Hall–Kier alpha value is -2.32. The SMILES string of the molecule is CCCCC/C=C\CCC(=O)O[C@@H]1[C@H](O[C@H](C[C@H](OC(C)=O)/C(C)=C/CO[C@@H]([C@H](O)[C@H](O)CO)[C@H](O)CO)[C@@](C)(O)CCC=C(C)C)O[C@H](CO)[C@@H](O)[C@@H]1O. The predicted molar refractivity (Wildman–Crippen MR) is 200 cm³/mol. The lowest BCUT2D eigenvalue weighted by molar-refractivity contribution is -0.326. The molecule has 1 saturated heterocycles. The molecule has 0 saturated carbocycles. The first kappa shape index (κ1) is 50.7. The molecule has 320 valence electrons. The monoisotopic (exact) mass is 792 g/mol. The van der Waals surface area contributed by atoms with Crippen LogP contribution in [0.4, 0.5) is 0 Å². The molecule has 0 aliphatic carbocycles. The number of carbonyl (C=O) groups is 2. The van der Waals surface area contributed by atoms with Gasteiger partial charge in [0, 0.05) is 19.8 Å². The van der Waals surface area contributed by atoms with E-state index in [1.165, 1.54) is 19.9 Å². The van der Waals surface area contributed by atoms with Crippen molar-refractivity contribution < 1.29 is 79.2 Å². The van der Waals surface area contributed by atoms with Gasteiger partial charge in [-0.2, -0.15) is 0 Å². The molecule has 0 amide bonds. The minimum atomic E-state index is -1.76. The van der Waals surface area contributed by atoms with Crippen LogP contribution in [0.5, 0.6) is 0 Å². The first-order valence-corrected chi connectivity index (χ1v) is 19.1. The summed E-state index contributed by atoms with van der Waals surface area (Å²) in [5, 5.41) is 92.7. The molecule has 16 heteroatoms. The van der Waals surface area contributed by atoms with Crippen molar-refractivity contribution in [3.63, 3.8) is 0 Å². The van der Waals surface area contributed by atoms with Crippen LogP contribution in [0.15, 0.2) is 35.5 Å². The Balaban J connectivity index is 3.46. The Morgan fingerprint density at radius 3 is 2.13 bits per heavy atom. The van der Waals surface area contributed by atoms with Crippen LogP contribution >= 0.6 is 0 Å². The standard InChI is InChI=1S/C39H68O16/c1-7-8-9-10-11-12-13-16-32(46)55-37-35(49)34(48)30(23-42)53-38(37)54-31(39(6,50)18-14-15-24(2)3)20-29(52-26(5)43)25(4)17-19-51-36(28(45)22-41)33(47)27(44)21-40/h11-12,15,17,27-31,33-38,40-42,44-45,47-50H,7-10,13-14,16,18-23H2,1-6H3/b12-11-,25-17+/t27-,28-,29+,30-,31-,33-,34-,35+,36-,37+,38+,39+/m1/s1. The van der Waals surface area contributed by atoms with Crippen LogP contribution in [-0.2, 0) is 33.3 Å². The molecule has 0 bridgehead atoms. The molecule has 0 aromatic heterocycles. The zero-order valence-electron chi connectivity index (χ0n) is 33.2. The van der Waals surface area contributed by atoms with Crippen LogP contribution in [0.3, 0.4) is 0 Å². The van der Waals surface area contributed by atoms with Crippen LogP contribution in [0.25, 0.3) is 0 Å². The minimum absolute atomic E-state index is 0.0453. The third-order valence-corrected chi connectivity index (χ3v) is 9.37. The molecule has 0 aromatic carbocycles. The van der Waals surface area contributed by atoms with Gasteiger partial charge < -0.3 is 69.6 Å². The number of hydrogen-bond donors (Lipinski definition) is 9. The van der Waals surface area contributed by atoms with E-state index >= 15 is 0 Å². The van der Waals surface area contributed by atoms with Crippen molar-refractivity contribution in [1.29, 1.82) is 0 Å². The highest BCUT2D eigenvalue weighted by Crippen LogP contribution is 2.33. The fraction of sp³-hybridized carbons (Fsp3) is 0.795. The van der Waals surface area contributed by atoms with E-state index in [0.717, 1.165) is 31.3 Å². The van der Waals surface area contributed by atoms with Crippen LogP contribution < -0.4 is 0 Å². The number of hydrogen-bond acceptors (Lipinski definition) is 16. The Morgan fingerprint density at radius 1 is 0.891 bits per heavy atom. The molecule has 16 nitrogen and oxygen atoms in total. The van der Waals surface area contributed by atoms with E-state index in [1.54, 1.807) is 6.92 Å². The average Bonchev–Trinajstić information content (AvgIpc) is 3.13. The molecule has 0 radical (unpaired) electrons. The molecular formula is C39H68O16. The number of carbonyl (C=O) groups excluding carboxylic acids is 2. The van der Waals surface area contributed by atoms with Crippen LogP contribution in [0.2, 0.25) is 0 Å². The second-order valence-corrected chi connectivity index (χ2v) is 14.5. The number of rotatable bonds is 27. The molecule has 1 fully saturated rings. The number of esters is 2. The fourth-order valence-corrected chi connectivity index (χ4v) is 5.89. The summed E-state index contributed by atoms with van der Waals surface area (Å²) in [6.45, 7) is 7.41. The number of unbranched alkanes of at least 4 members (excludes halogenated alkanes) is 3. The van der Waals surface area contributed by atoms with Crippen LogP contribution in [0, 0.1) is 0 Å². The summed E-state index contributed by atoms with van der Waals surface area (Å²) < 4.78 is 28.9. The lowest BCUT2D eigenvalue weighted by Crippen LogP contribution is -2.62. The van der Waals surface area contributed by atoms with Gasteiger partial charge in [0.15, 0.2) is 12.4 Å². The summed E-state index contributed by atoms with van der Waals surface area (Å²) in [4.78, 5) is 25.3. The molecule has 0 unspecified atom stereocenters. The quantitative estimate of drug-likeness (QED) is 0.0317. The van der Waals surface area contributed by atoms with Gasteiger partial charge in [-0.05, 0) is 65.4 Å². The molecule has 0 aromatic rings. The highest BCUT2D eigenvalue weighted by molar-refractivity contribution is 5.69. The lowest BCUT2D eigenvalue weighted by atomic mass is 9.87. The summed E-state index contributed by atoms with van der Waals surface area (Å²) in [5.41, 5.74) is -0.331. The highest BCUT2D eigenvalue weighted by atomic mass is 16.7. The summed E-state index contributed by atoms with van der Waals surface area (Å²) in [7, 11) is 0. The number of aliphatic hydroxyl groups excluding tert-OH is 8. The number of ether oxygens (including phenoxy) is 5. The van der Waals surface area contributed by atoms with Crippen molar-refractivity contribution in [3.05, 3.63) is 35.5 Å². The van der Waals surface area contributed by atoms with E-state index in [9.17, 15) is 55.5 Å². The topological polar surface area (TPSA) is 262 Å². The maximum absolute atomic E-state index is 13.0. The van der Waals surface area contributed by atoms with Crippen molar-refractivity contribution in [2.45, 2.75) is 172 Å². The minimum Gasteiger partial charge on any atom is -0.458 e. The van der Waals surface area contributed by atoms with Gasteiger partial charge in [-0.1, -0.05) is 49.6 Å². The largest absolute Gasteiger partial charge is 0.458 e. The number of aliphatic hydroxyl groups is 9. The third kappa shape index (κ3) is 18.2. The van der Waals surface area contributed by atoms with Gasteiger partial charge in [0.25, 0.3) is 0 Å². The van der Waals surface area contributed by atoms with Gasteiger partial charge in [0.05, 0.1) is 38.1 Å². The summed E-state index contributed by atoms with van der Waals surface area (Å²) in [5.74, 6) is -1.41. The number of allylic oxidation sites excluding steroid dienone is 4. The first-order valence-electron chi connectivity index (χ1n) is 19.1. The summed E-state index contributed by atoms with van der Waals surface area (Å²) in [6, 6.07) is 0. The third-order valence-electron chi connectivity index (χ3n) is 9.37. The van der Waals surface area contributed by atoms with E-state index in [1.807, 2.05) is 32.1 Å². The van der Waals surface area contributed by atoms with Crippen molar-refractivity contribution in [3.8, 4) is 0 Å². The summed E-state index contributed by atoms with van der Waals surface area (Å²) in [6.07, 6.45) is -4.97. The molecule has 12 atom stereocenters. The Morgan fingerprint density at radius 2 is 1.55 bits per heavy atom. The molecular weight excluding hydrogens is 724 g/mol. The second-order valence-electron chi connectivity index (χ2n) is 14.5. The molecule has 1 aliphatic rings. The van der Waals surface area contributed by atoms with E-state index in [2.05, 4.69) is 6.92 Å². The highest BCUT2D eigenvalue weighted by Gasteiger charge is 2.50. The van der Waals surface area contributed by atoms with Crippen LogP contribution in [-0.4, -0.2) is 157 Å². The maximum atomic E-state index is 13.0. The Bertz CT molecular complexity index is 1180. The molecule has 1 aliphatic heterocycles. The van der Waals surface area contributed by atoms with E-state index in [4.69, 9.17) is 23.7 Å². The maximum Gasteiger partial charge on any atom is 0.306 e. The van der Waals surface area contributed by atoms with E-state index in [0.29, 0.717) is 18.4 Å². The van der Waals surface area contributed by atoms with Gasteiger partial charge in [-0.3, -0.25) is 9.59 Å². The second kappa shape index (κ2) is 26.6. The Labute approximate surface area is 325 Å². The molecule has 1 rings (SSSR count). The van der Waals surface area contributed by atoms with Gasteiger partial charge in [0.1, 0.15) is 48.8 Å².